The van der Waals surface area contributed by atoms with E-state index in [1.165, 1.54) is 0 Å². The number of carbonyl (C=O) groups excluding carboxylic acids is 2. The Morgan fingerprint density at radius 2 is 2.00 bits per heavy atom. The highest BCUT2D eigenvalue weighted by Gasteiger charge is 2.59. The molecule has 1 aromatic rings. The number of hydrogen-bond donors (Lipinski definition) is 1. The second-order valence-corrected chi connectivity index (χ2v) is 10.4. The molecule has 7 heteroatoms. The van der Waals surface area contributed by atoms with Crippen molar-refractivity contribution in [2.24, 2.45) is 17.3 Å². The first kappa shape index (κ1) is 24.8. The summed E-state index contributed by atoms with van der Waals surface area (Å²) < 4.78 is 18.4. The summed E-state index contributed by atoms with van der Waals surface area (Å²) in [5.74, 6) is 0.206. The molecule has 32 heavy (non-hydrogen) atoms. The van der Waals surface area contributed by atoms with Crippen LogP contribution in [0.15, 0.2) is 30.3 Å². The molecule has 1 saturated carbocycles. The van der Waals surface area contributed by atoms with E-state index < -0.39 is 18.8 Å². The monoisotopic (exact) mass is 443 g/mol. The molecule has 2 aliphatic rings. The maximum absolute atomic E-state index is 12.6. The fourth-order valence-electron chi connectivity index (χ4n) is 5.00. The molecule has 1 saturated heterocycles. The lowest BCUT2D eigenvalue weighted by Crippen LogP contribution is -2.53. The zero-order valence-corrected chi connectivity index (χ0v) is 20.1. The molecule has 3 rings (SSSR count). The first-order chi connectivity index (χ1) is 15.2. The fourth-order valence-corrected chi connectivity index (χ4v) is 5.00. The smallest absolute Gasteiger partial charge is 0.445 e. The van der Waals surface area contributed by atoms with Gasteiger partial charge in [0.2, 0.25) is 0 Å². The molecule has 6 nitrogen and oxygen atoms in total. The average Bonchev–Trinajstić information content (AvgIpc) is 3.11. The van der Waals surface area contributed by atoms with Gasteiger partial charge in [-0.3, -0.25) is 0 Å². The molecule has 1 aliphatic heterocycles. The highest BCUT2D eigenvalue weighted by molar-refractivity contribution is 6.47. The van der Waals surface area contributed by atoms with E-state index in [1.807, 2.05) is 37.3 Å². The van der Waals surface area contributed by atoms with Crippen LogP contribution in [0.2, 0.25) is 0 Å². The summed E-state index contributed by atoms with van der Waals surface area (Å²) in [5.41, 5.74) is 0.704. The number of amides is 1. The van der Waals surface area contributed by atoms with Gasteiger partial charge in [-0.15, -0.1) is 0 Å². The Bertz CT molecular complexity index is 773. The van der Waals surface area contributed by atoms with Gasteiger partial charge in [-0.1, -0.05) is 58.0 Å². The van der Waals surface area contributed by atoms with Gasteiger partial charge in [0, 0.05) is 6.42 Å². The molecule has 1 heterocycles. The average molecular weight is 443 g/mol. The third-order valence-electron chi connectivity index (χ3n) is 7.70. The molecule has 0 aromatic heterocycles. The van der Waals surface area contributed by atoms with Crippen molar-refractivity contribution in [3.63, 3.8) is 0 Å². The van der Waals surface area contributed by atoms with Crippen LogP contribution in [0.5, 0.6) is 0 Å². The summed E-state index contributed by atoms with van der Waals surface area (Å²) >= 11 is 0. The lowest BCUT2D eigenvalue weighted by atomic mass is 9.61. The highest BCUT2D eigenvalue weighted by Crippen LogP contribution is 2.51. The van der Waals surface area contributed by atoms with Gasteiger partial charge in [0.1, 0.15) is 12.9 Å². The fraction of sp³-hybridized carbons (Fsp3) is 0.680. The molecule has 2 fully saturated rings. The quantitative estimate of drug-likeness (QED) is 0.432. The zero-order chi connectivity index (χ0) is 23.4. The third kappa shape index (κ3) is 5.73. The number of rotatable bonds is 9. The Kier molecular flexibility index (Phi) is 8.04. The van der Waals surface area contributed by atoms with Crippen LogP contribution in [0.25, 0.3) is 0 Å². The first-order valence-electron chi connectivity index (χ1n) is 11.9. The van der Waals surface area contributed by atoms with Gasteiger partial charge in [0.05, 0.1) is 17.6 Å². The van der Waals surface area contributed by atoms with Gasteiger partial charge in [0.15, 0.2) is 0 Å². The zero-order valence-electron chi connectivity index (χ0n) is 20.1. The first-order valence-corrected chi connectivity index (χ1v) is 11.9. The molecular weight excluding hydrogens is 405 g/mol. The van der Waals surface area contributed by atoms with Gasteiger partial charge in [-0.05, 0) is 55.4 Å². The van der Waals surface area contributed by atoms with E-state index in [2.05, 4.69) is 33.0 Å². The minimum absolute atomic E-state index is 0.00700. The summed E-state index contributed by atoms with van der Waals surface area (Å²) in [6.07, 6.45) is 4.44. The minimum atomic E-state index is -0.533. The molecule has 1 aliphatic carbocycles. The Balaban J connectivity index is 1.67. The number of alkyl carbamates (subject to hydrolysis) is 1. The minimum Gasteiger partial charge on any atom is -0.445 e. The largest absolute Gasteiger partial charge is 0.481 e. The summed E-state index contributed by atoms with van der Waals surface area (Å²) in [7, 11) is -0.533. The van der Waals surface area contributed by atoms with Crippen molar-refractivity contribution in [3.05, 3.63) is 35.9 Å². The summed E-state index contributed by atoms with van der Waals surface area (Å²) in [6.45, 7) is 11.2. The van der Waals surface area contributed by atoms with E-state index in [1.54, 1.807) is 0 Å². The second-order valence-electron chi connectivity index (χ2n) is 10.4. The molecule has 5 unspecified atom stereocenters. The third-order valence-corrected chi connectivity index (χ3v) is 7.70. The Morgan fingerprint density at radius 3 is 2.69 bits per heavy atom. The van der Waals surface area contributed by atoms with E-state index in [9.17, 15) is 9.59 Å². The molecule has 0 radical (unpaired) electrons. The normalized spacial score (nSPS) is 28.5. The van der Waals surface area contributed by atoms with Crippen molar-refractivity contribution in [1.82, 2.24) is 5.32 Å². The van der Waals surface area contributed by atoms with Crippen molar-refractivity contribution < 1.29 is 23.6 Å². The molecule has 1 aromatic carbocycles. The van der Waals surface area contributed by atoms with Gasteiger partial charge in [-0.2, -0.15) is 0 Å². The van der Waals surface area contributed by atoms with E-state index in [4.69, 9.17) is 14.0 Å². The summed E-state index contributed by atoms with van der Waals surface area (Å²) in [6, 6.07) is 9.60. The highest BCUT2D eigenvalue weighted by atomic mass is 16.7. The molecular formula is C25H38BNO5. The molecule has 0 spiro atoms. The number of fused-ring (bicyclic) bond motifs is 1. The summed E-state index contributed by atoms with van der Waals surface area (Å²) in [4.78, 5) is 23.5. The van der Waals surface area contributed by atoms with Crippen LogP contribution in [0.3, 0.4) is 0 Å². The van der Waals surface area contributed by atoms with E-state index in [0.717, 1.165) is 31.1 Å². The van der Waals surface area contributed by atoms with Crippen LogP contribution in [-0.2, 0) is 25.4 Å². The second kappa shape index (κ2) is 10.4. The lowest BCUT2D eigenvalue weighted by Gasteiger charge is -2.49. The van der Waals surface area contributed by atoms with Gasteiger partial charge < -0.3 is 24.2 Å². The van der Waals surface area contributed by atoms with E-state index in [-0.39, 0.29) is 30.0 Å². The molecule has 5 atom stereocenters. The Labute approximate surface area is 192 Å². The number of benzene rings is 1. The SMILES string of the molecule is CC(CC=O)CCC(NC(=O)OCc1ccccc1)B1OC2CCC(C)(C)C(C)C2(C)O1. The van der Waals surface area contributed by atoms with Crippen LogP contribution in [-0.4, -0.2) is 37.1 Å². The van der Waals surface area contributed by atoms with E-state index in [0.29, 0.717) is 18.8 Å². The van der Waals surface area contributed by atoms with Crippen molar-refractivity contribution in [2.45, 2.75) is 91.0 Å². The maximum atomic E-state index is 12.6. The van der Waals surface area contributed by atoms with Gasteiger partial charge >= 0.3 is 13.2 Å². The predicted octanol–water partition coefficient (Wildman–Crippen LogP) is 4.94. The Hall–Kier alpha value is -1.86. The van der Waals surface area contributed by atoms with Crippen molar-refractivity contribution in [2.75, 3.05) is 0 Å². The summed E-state index contributed by atoms with van der Waals surface area (Å²) in [5, 5.41) is 2.99. The van der Waals surface area contributed by atoms with E-state index >= 15 is 0 Å². The van der Waals surface area contributed by atoms with Crippen molar-refractivity contribution in [3.8, 4) is 0 Å². The standard InChI is InChI=1S/C25H38BNO5/c1-18(14-16-28)11-12-22(27-23(29)30-17-20-9-7-6-8-10-20)26-31-21-13-15-24(3,4)19(2)25(21,5)32-26/h6-10,16,18-19,21-22H,11-15,17H2,1-5H3,(H,27,29). The van der Waals surface area contributed by atoms with Gasteiger partial charge in [0.25, 0.3) is 0 Å². The number of aldehydes is 1. The van der Waals surface area contributed by atoms with Crippen molar-refractivity contribution in [1.29, 1.82) is 0 Å². The number of carbonyl (C=O) groups is 2. The number of nitrogens with one attached hydrogen (secondary N) is 1. The van der Waals surface area contributed by atoms with Crippen LogP contribution < -0.4 is 5.32 Å². The molecule has 0 bridgehead atoms. The molecule has 1 amide bonds. The Morgan fingerprint density at radius 1 is 1.28 bits per heavy atom. The topological polar surface area (TPSA) is 73.9 Å². The molecule has 176 valence electrons. The van der Waals surface area contributed by atoms with Crippen LogP contribution in [0.4, 0.5) is 4.79 Å². The predicted molar refractivity (Wildman–Crippen MR) is 125 cm³/mol. The van der Waals surface area contributed by atoms with Crippen molar-refractivity contribution >= 4 is 19.5 Å². The number of ether oxygens (including phenoxy) is 1. The van der Waals surface area contributed by atoms with Crippen LogP contribution in [0, 0.1) is 17.3 Å². The molecule has 1 N–H and O–H groups in total. The maximum Gasteiger partial charge on any atom is 0.481 e. The van der Waals surface area contributed by atoms with Crippen LogP contribution in [0.1, 0.15) is 72.3 Å². The van der Waals surface area contributed by atoms with Gasteiger partial charge in [-0.25, -0.2) is 4.79 Å². The van der Waals surface area contributed by atoms with Crippen LogP contribution >= 0.6 is 0 Å². The number of hydrogen-bond acceptors (Lipinski definition) is 5. The lowest BCUT2D eigenvalue weighted by molar-refractivity contribution is -0.108.